The van der Waals surface area contributed by atoms with E-state index >= 15 is 0 Å². The van der Waals surface area contributed by atoms with Crippen molar-refractivity contribution in [2.45, 2.75) is 0 Å². The Morgan fingerprint density at radius 2 is 1.58 bits per heavy atom. The molecule has 3 heterocycles. The first-order valence-electron chi connectivity index (χ1n) is 9.62. The predicted octanol–water partition coefficient (Wildman–Crippen LogP) is 5.36. The van der Waals surface area contributed by atoms with Crippen LogP contribution in [0.1, 0.15) is 10.5 Å². The summed E-state index contributed by atoms with van der Waals surface area (Å²) in [6.45, 7) is 0. The molecule has 2 aromatic carbocycles. The molecule has 150 valence electrons. The summed E-state index contributed by atoms with van der Waals surface area (Å²) >= 11 is 6.06. The molecule has 3 aromatic heterocycles. The van der Waals surface area contributed by atoms with Crippen molar-refractivity contribution in [2.24, 2.45) is 0 Å². The highest BCUT2D eigenvalue weighted by Gasteiger charge is 2.17. The molecule has 0 aliphatic rings. The number of carbonyl (C=O) groups is 1. The maximum Gasteiger partial charge on any atom is 0.276 e. The van der Waals surface area contributed by atoms with Gasteiger partial charge in [-0.3, -0.25) is 4.79 Å². The van der Waals surface area contributed by atoms with E-state index in [0.717, 1.165) is 22.5 Å². The molecule has 0 unspecified atom stereocenters. The van der Waals surface area contributed by atoms with Crippen LogP contribution < -0.4 is 5.32 Å². The maximum atomic E-state index is 12.8. The summed E-state index contributed by atoms with van der Waals surface area (Å²) in [6.07, 6.45) is 1.56. The van der Waals surface area contributed by atoms with E-state index in [1.54, 1.807) is 28.9 Å². The molecule has 0 saturated carbocycles. The zero-order valence-corrected chi connectivity index (χ0v) is 17.0. The van der Waals surface area contributed by atoms with Gasteiger partial charge in [-0.2, -0.15) is 5.10 Å². The fraction of sp³-hybridized carbons (Fsp3) is 0. The highest BCUT2D eigenvalue weighted by atomic mass is 35.5. The number of amides is 1. The summed E-state index contributed by atoms with van der Waals surface area (Å²) < 4.78 is 1.68. The lowest BCUT2D eigenvalue weighted by molar-refractivity contribution is 0.102. The van der Waals surface area contributed by atoms with Crippen LogP contribution in [0.5, 0.6) is 0 Å². The molecule has 0 saturated heterocycles. The van der Waals surface area contributed by atoms with Gasteiger partial charge < -0.3 is 5.32 Å². The Morgan fingerprint density at radius 3 is 2.29 bits per heavy atom. The van der Waals surface area contributed by atoms with Gasteiger partial charge in [-0.15, -0.1) is 0 Å². The lowest BCUT2D eigenvalue weighted by Crippen LogP contribution is -2.13. The van der Waals surface area contributed by atoms with Crippen molar-refractivity contribution in [3.8, 4) is 22.5 Å². The molecule has 0 aliphatic heterocycles. The molecule has 7 heteroatoms. The number of aromatic nitrogens is 4. The van der Waals surface area contributed by atoms with Crippen molar-refractivity contribution >= 4 is 28.8 Å². The lowest BCUT2D eigenvalue weighted by atomic mass is 10.1. The van der Waals surface area contributed by atoms with E-state index in [9.17, 15) is 4.79 Å². The number of fused-ring (bicyclic) bond motifs is 1. The molecule has 31 heavy (non-hydrogen) atoms. The molecule has 0 aliphatic carbocycles. The van der Waals surface area contributed by atoms with E-state index < -0.39 is 0 Å². The van der Waals surface area contributed by atoms with Crippen molar-refractivity contribution in [3.05, 3.63) is 102 Å². The molecule has 5 aromatic rings. The topological polar surface area (TPSA) is 72.2 Å². The van der Waals surface area contributed by atoms with Gasteiger partial charge in [0, 0.05) is 23.4 Å². The Labute approximate surface area is 183 Å². The average molecular weight is 426 g/mol. The number of pyridine rings is 1. The molecule has 1 amide bonds. The Hall–Kier alpha value is -4.03. The summed E-state index contributed by atoms with van der Waals surface area (Å²) in [4.78, 5) is 21.6. The number of nitrogens with one attached hydrogen (secondary N) is 1. The van der Waals surface area contributed by atoms with Crippen molar-refractivity contribution in [3.63, 3.8) is 0 Å². The maximum absolute atomic E-state index is 12.8. The minimum Gasteiger partial charge on any atom is -0.318 e. The number of hydrogen-bond donors (Lipinski definition) is 1. The van der Waals surface area contributed by atoms with Crippen molar-refractivity contribution < 1.29 is 4.79 Å². The van der Waals surface area contributed by atoms with Gasteiger partial charge in [0.1, 0.15) is 0 Å². The van der Waals surface area contributed by atoms with Crippen LogP contribution in [0.3, 0.4) is 0 Å². The molecular weight excluding hydrogens is 410 g/mol. The SMILES string of the molecule is O=C(Nc1cccnc1Cl)c1cc2nc(-c3ccccc3)cc(-c3ccccc3)n2n1. The zero-order chi connectivity index (χ0) is 21.2. The zero-order valence-electron chi connectivity index (χ0n) is 16.2. The van der Waals surface area contributed by atoms with Gasteiger partial charge in [-0.1, -0.05) is 72.3 Å². The standard InChI is InChI=1S/C24H16ClN5O/c25-23-18(12-7-13-26-23)28-24(31)20-15-22-27-19(16-8-3-1-4-9-16)14-21(30(22)29-20)17-10-5-2-6-11-17/h1-15H,(H,28,31). The van der Waals surface area contributed by atoms with E-state index in [-0.39, 0.29) is 16.8 Å². The highest BCUT2D eigenvalue weighted by Crippen LogP contribution is 2.27. The third kappa shape index (κ3) is 3.76. The number of rotatable bonds is 4. The Balaban J connectivity index is 1.63. The molecule has 0 atom stereocenters. The fourth-order valence-electron chi connectivity index (χ4n) is 3.32. The van der Waals surface area contributed by atoms with Crippen LogP contribution in [0, 0.1) is 0 Å². The van der Waals surface area contributed by atoms with Gasteiger partial charge in [0.25, 0.3) is 5.91 Å². The number of anilines is 1. The second-order valence-electron chi connectivity index (χ2n) is 6.85. The fourth-order valence-corrected chi connectivity index (χ4v) is 3.49. The smallest absolute Gasteiger partial charge is 0.276 e. The van der Waals surface area contributed by atoms with Crippen LogP contribution in [0.4, 0.5) is 5.69 Å². The van der Waals surface area contributed by atoms with Crippen LogP contribution in [-0.2, 0) is 0 Å². The number of halogens is 1. The second kappa shape index (κ2) is 8.01. The van der Waals surface area contributed by atoms with Crippen molar-refractivity contribution in [1.82, 2.24) is 19.6 Å². The van der Waals surface area contributed by atoms with Crippen LogP contribution in [0.25, 0.3) is 28.2 Å². The number of carbonyl (C=O) groups excluding carboxylic acids is 1. The van der Waals surface area contributed by atoms with E-state index in [1.807, 2.05) is 66.7 Å². The van der Waals surface area contributed by atoms with Gasteiger partial charge in [0.2, 0.25) is 0 Å². The van der Waals surface area contributed by atoms with Gasteiger partial charge in [-0.05, 0) is 18.2 Å². The second-order valence-corrected chi connectivity index (χ2v) is 7.21. The number of nitrogens with zero attached hydrogens (tertiary/aromatic N) is 4. The van der Waals surface area contributed by atoms with Crippen LogP contribution in [-0.4, -0.2) is 25.5 Å². The van der Waals surface area contributed by atoms with Gasteiger partial charge in [0.05, 0.1) is 17.1 Å². The summed E-state index contributed by atoms with van der Waals surface area (Å²) in [6, 6.07) is 26.8. The number of hydrogen-bond acceptors (Lipinski definition) is 4. The first-order valence-corrected chi connectivity index (χ1v) is 10.0. The molecule has 5 rings (SSSR count). The quantitative estimate of drug-likeness (QED) is 0.393. The summed E-state index contributed by atoms with van der Waals surface area (Å²) in [5.74, 6) is -0.388. The first-order chi connectivity index (χ1) is 15.2. The van der Waals surface area contributed by atoms with E-state index in [1.165, 1.54) is 0 Å². The minimum absolute atomic E-state index is 0.217. The molecule has 0 radical (unpaired) electrons. The summed E-state index contributed by atoms with van der Waals surface area (Å²) in [5, 5.41) is 7.50. The third-order valence-electron chi connectivity index (χ3n) is 4.81. The van der Waals surface area contributed by atoms with E-state index in [2.05, 4.69) is 15.4 Å². The van der Waals surface area contributed by atoms with Gasteiger partial charge in [-0.25, -0.2) is 14.5 Å². The van der Waals surface area contributed by atoms with E-state index in [4.69, 9.17) is 16.6 Å². The molecule has 0 bridgehead atoms. The summed E-state index contributed by atoms with van der Waals surface area (Å²) in [7, 11) is 0. The van der Waals surface area contributed by atoms with E-state index in [0.29, 0.717) is 11.3 Å². The molecular formula is C24H16ClN5O. The van der Waals surface area contributed by atoms with Crippen LogP contribution in [0.15, 0.2) is 91.1 Å². The Bertz CT molecular complexity index is 1380. The monoisotopic (exact) mass is 425 g/mol. The Morgan fingerprint density at radius 1 is 0.871 bits per heavy atom. The molecule has 1 N–H and O–H groups in total. The molecule has 6 nitrogen and oxygen atoms in total. The van der Waals surface area contributed by atoms with Crippen LogP contribution in [0.2, 0.25) is 5.15 Å². The minimum atomic E-state index is -0.388. The average Bonchev–Trinajstić information content (AvgIpc) is 3.25. The van der Waals surface area contributed by atoms with Gasteiger partial charge in [0.15, 0.2) is 16.5 Å². The Kier molecular flexibility index (Phi) is 4.90. The third-order valence-corrected chi connectivity index (χ3v) is 5.11. The lowest BCUT2D eigenvalue weighted by Gasteiger charge is -2.08. The molecule has 0 fully saturated rings. The first kappa shape index (κ1) is 19.0. The van der Waals surface area contributed by atoms with Crippen molar-refractivity contribution in [2.75, 3.05) is 5.32 Å². The molecule has 0 spiro atoms. The van der Waals surface area contributed by atoms with Crippen molar-refractivity contribution in [1.29, 1.82) is 0 Å². The van der Waals surface area contributed by atoms with Crippen LogP contribution >= 0.6 is 11.6 Å². The van der Waals surface area contributed by atoms with Gasteiger partial charge >= 0.3 is 0 Å². The predicted molar refractivity (Wildman–Crippen MR) is 121 cm³/mol. The normalized spacial score (nSPS) is 10.9. The largest absolute Gasteiger partial charge is 0.318 e. The number of benzene rings is 2. The summed E-state index contributed by atoms with van der Waals surface area (Å²) in [5.41, 5.74) is 4.82. The highest BCUT2D eigenvalue weighted by molar-refractivity contribution is 6.32.